The summed E-state index contributed by atoms with van der Waals surface area (Å²) in [5, 5.41) is 47.3. The van der Waals surface area contributed by atoms with E-state index in [9.17, 15) is 29.7 Å². The number of rotatable bonds is 7. The van der Waals surface area contributed by atoms with E-state index in [1.165, 1.54) is 0 Å². The van der Waals surface area contributed by atoms with Crippen molar-refractivity contribution in [2.75, 3.05) is 34.3 Å². The molecule has 0 bridgehead atoms. The summed E-state index contributed by atoms with van der Waals surface area (Å²) in [5.74, 6) is -5.98. The second-order valence-electron chi connectivity index (χ2n) is 5.15. The number of likely N-dealkylation sites (N-methyl/N-ethyl adjacent to an activating group) is 1. The van der Waals surface area contributed by atoms with Gasteiger partial charge in [-0.05, 0) is 0 Å². The zero-order chi connectivity index (χ0) is 16.6. The maximum atomic E-state index is 10.1. The van der Waals surface area contributed by atoms with E-state index in [-0.39, 0.29) is 44.3 Å². The minimum Gasteiger partial charge on any atom is -0.550 e. The van der Waals surface area contributed by atoms with Gasteiger partial charge in [-0.25, -0.2) is 0 Å². The maximum Gasteiger partial charge on any atom is 2.00 e. The molecule has 0 aliphatic carbocycles. The Morgan fingerprint density at radius 1 is 1.00 bits per heavy atom. The molecule has 0 fully saturated rings. The quantitative estimate of drug-likeness (QED) is 0.344. The number of carboxylic acid groups (broad SMARTS) is 3. The van der Waals surface area contributed by atoms with Gasteiger partial charge in [0, 0.05) is 24.8 Å². The molecule has 0 unspecified atom stereocenters. The fraction of sp³-hybridized carbons (Fsp3) is 0.727. The van der Waals surface area contributed by atoms with Crippen LogP contribution in [0.25, 0.3) is 0 Å². The molecule has 0 aliphatic rings. The number of carbonyl (C=O) groups is 3. The van der Waals surface area contributed by atoms with Crippen molar-refractivity contribution in [3.63, 3.8) is 0 Å². The first-order valence-corrected chi connectivity index (χ1v) is 5.59. The van der Waals surface area contributed by atoms with Crippen LogP contribution in [-0.2, 0) is 14.4 Å². The SMILES string of the molecule is C[N+](C)(C)CCO.O=C([O-])CC(O)(CC(=O)[O-])C(=O)[O-].[Ca+2]. The molecule has 0 rings (SSSR count). The van der Waals surface area contributed by atoms with Crippen molar-refractivity contribution in [2.45, 2.75) is 18.4 Å². The number of carboxylic acids is 3. The summed E-state index contributed by atoms with van der Waals surface area (Å²) >= 11 is 0. The van der Waals surface area contributed by atoms with Crippen LogP contribution < -0.4 is 15.3 Å². The van der Waals surface area contributed by atoms with Gasteiger partial charge in [0.15, 0.2) is 0 Å². The molecule has 118 valence electrons. The first-order chi connectivity index (χ1) is 8.84. The third kappa shape index (κ3) is 15.8. The Hall–Kier alpha value is -0.450. The Morgan fingerprint density at radius 3 is 1.43 bits per heavy atom. The Morgan fingerprint density at radius 2 is 1.33 bits per heavy atom. The van der Waals surface area contributed by atoms with Crippen LogP contribution in [0, 0.1) is 0 Å². The topological polar surface area (TPSA) is 161 Å². The Balaban J connectivity index is -0.000000347. The molecule has 10 heteroatoms. The van der Waals surface area contributed by atoms with Gasteiger partial charge in [-0.3, -0.25) is 0 Å². The van der Waals surface area contributed by atoms with Gasteiger partial charge in [-0.15, -0.1) is 0 Å². The number of carbonyl (C=O) groups excluding carboxylic acids is 3. The van der Waals surface area contributed by atoms with E-state index < -0.39 is 36.4 Å². The van der Waals surface area contributed by atoms with Crippen molar-refractivity contribution >= 4 is 55.6 Å². The van der Waals surface area contributed by atoms with Crippen LogP contribution in [0.2, 0.25) is 0 Å². The Kier molecular flexibility index (Phi) is 13.6. The van der Waals surface area contributed by atoms with Gasteiger partial charge in [0.2, 0.25) is 0 Å². The maximum absolute atomic E-state index is 10.1. The molecule has 9 nitrogen and oxygen atoms in total. The van der Waals surface area contributed by atoms with E-state index in [1.54, 1.807) is 0 Å². The Bertz CT molecular complexity index is 337. The molecule has 0 aromatic carbocycles. The van der Waals surface area contributed by atoms with E-state index >= 15 is 0 Å². The van der Waals surface area contributed by atoms with Crippen molar-refractivity contribution in [2.24, 2.45) is 0 Å². The smallest absolute Gasteiger partial charge is 0.550 e. The molecule has 0 amide bonds. The van der Waals surface area contributed by atoms with Gasteiger partial charge < -0.3 is 44.4 Å². The first-order valence-electron chi connectivity index (χ1n) is 5.59. The predicted octanol–water partition coefficient (Wildman–Crippen LogP) is -5.95. The summed E-state index contributed by atoms with van der Waals surface area (Å²) in [4.78, 5) is 30.0. The molecule has 0 radical (unpaired) electrons. The number of quaternary nitrogens is 1. The molecule has 0 aromatic rings. The van der Waals surface area contributed by atoms with Gasteiger partial charge in [0.1, 0.15) is 12.1 Å². The van der Waals surface area contributed by atoms with Gasteiger partial charge in [0.25, 0.3) is 0 Å². The summed E-state index contributed by atoms with van der Waals surface area (Å²) in [5.41, 5.74) is -2.97. The number of nitrogens with zero attached hydrogens (tertiary/aromatic N) is 1. The first kappa shape index (κ1) is 25.5. The minimum absolute atomic E-state index is 0. The van der Waals surface area contributed by atoms with Crippen LogP contribution in [-0.4, -0.2) is 110 Å². The zero-order valence-electron chi connectivity index (χ0n) is 12.3. The van der Waals surface area contributed by atoms with Gasteiger partial charge in [0.05, 0.1) is 33.7 Å². The third-order valence-electron chi connectivity index (χ3n) is 2.02. The van der Waals surface area contributed by atoms with Crippen LogP contribution in [0.5, 0.6) is 0 Å². The molecule has 0 aromatic heterocycles. The van der Waals surface area contributed by atoms with Crippen molar-refractivity contribution in [3.8, 4) is 0 Å². The van der Waals surface area contributed by atoms with E-state index in [4.69, 9.17) is 10.2 Å². The van der Waals surface area contributed by atoms with Crippen LogP contribution in [0.3, 0.4) is 0 Å². The monoisotopic (exact) mass is 333 g/mol. The summed E-state index contributed by atoms with van der Waals surface area (Å²) < 4.78 is 0.844. The Labute approximate surface area is 152 Å². The van der Waals surface area contributed by atoms with Gasteiger partial charge in [-0.1, -0.05) is 0 Å². The number of hydrogen-bond acceptors (Lipinski definition) is 8. The minimum atomic E-state index is -2.97. The molecular formula is C11H19CaNO8. The van der Waals surface area contributed by atoms with Crippen molar-refractivity contribution in [3.05, 3.63) is 0 Å². The summed E-state index contributed by atoms with van der Waals surface area (Å²) in [6.07, 6.45) is -2.72. The summed E-state index contributed by atoms with van der Waals surface area (Å²) in [7, 11) is 6.16. The number of aliphatic hydroxyl groups is 2. The van der Waals surface area contributed by atoms with E-state index in [1.807, 2.05) is 0 Å². The molecule has 21 heavy (non-hydrogen) atoms. The standard InChI is InChI=1S/C6H8O7.C5H14NO.Ca/c7-3(8)1-6(13,5(11)12)2-4(9)10;1-6(2,3)4-5-7;/h13H,1-2H2,(H,7,8)(H,9,10)(H,11,12);7H,4-5H2,1-3H3;/q;+1;+2/p-3. The number of aliphatic hydroxyl groups excluding tert-OH is 1. The fourth-order valence-corrected chi connectivity index (χ4v) is 0.984. The number of aliphatic carboxylic acids is 3. The third-order valence-corrected chi connectivity index (χ3v) is 2.02. The summed E-state index contributed by atoms with van der Waals surface area (Å²) in [6.45, 7) is 1.11. The van der Waals surface area contributed by atoms with E-state index in [0.29, 0.717) is 0 Å². The van der Waals surface area contributed by atoms with Crippen molar-refractivity contribution in [1.82, 2.24) is 0 Å². The average molecular weight is 333 g/mol. The average Bonchev–Trinajstić information content (AvgIpc) is 2.12. The van der Waals surface area contributed by atoms with Crippen molar-refractivity contribution in [1.29, 1.82) is 0 Å². The molecule has 0 heterocycles. The van der Waals surface area contributed by atoms with Gasteiger partial charge in [-0.2, -0.15) is 0 Å². The molecule has 0 spiro atoms. The molecule has 0 aliphatic heterocycles. The largest absolute Gasteiger partial charge is 2.00 e. The van der Waals surface area contributed by atoms with Crippen LogP contribution >= 0.6 is 0 Å². The van der Waals surface area contributed by atoms with Crippen molar-refractivity contribution < 1.29 is 44.4 Å². The van der Waals surface area contributed by atoms with Crippen LogP contribution in [0.15, 0.2) is 0 Å². The van der Waals surface area contributed by atoms with Crippen LogP contribution in [0.4, 0.5) is 0 Å². The van der Waals surface area contributed by atoms with Gasteiger partial charge >= 0.3 is 37.7 Å². The molecule has 0 atom stereocenters. The fourth-order valence-electron chi connectivity index (χ4n) is 0.984. The molecule has 2 N–H and O–H groups in total. The molecule has 0 saturated carbocycles. The second kappa shape index (κ2) is 11.2. The zero-order valence-corrected chi connectivity index (χ0v) is 14.5. The molecule has 0 saturated heterocycles. The normalized spacial score (nSPS) is 10.7. The summed E-state index contributed by atoms with van der Waals surface area (Å²) in [6, 6.07) is 0. The van der Waals surface area contributed by atoms with E-state index in [2.05, 4.69) is 21.1 Å². The van der Waals surface area contributed by atoms with E-state index in [0.717, 1.165) is 11.0 Å². The second-order valence-corrected chi connectivity index (χ2v) is 5.15. The van der Waals surface area contributed by atoms with Crippen LogP contribution in [0.1, 0.15) is 12.8 Å². The predicted molar refractivity (Wildman–Crippen MR) is 64.9 cm³/mol. The molecular weight excluding hydrogens is 314 g/mol. The number of hydrogen-bond donors (Lipinski definition) is 2.